The lowest BCUT2D eigenvalue weighted by atomic mass is 10.1. The lowest BCUT2D eigenvalue weighted by Crippen LogP contribution is -2.33. The first-order valence-electron chi connectivity index (χ1n) is 10.5. The van der Waals surface area contributed by atoms with Crippen molar-refractivity contribution in [3.8, 4) is 11.1 Å². The maximum Gasteiger partial charge on any atom is 0.414 e. The van der Waals surface area contributed by atoms with Crippen molar-refractivity contribution in [2.45, 2.75) is 26.5 Å². The van der Waals surface area contributed by atoms with Crippen LogP contribution in [-0.4, -0.2) is 31.2 Å². The van der Waals surface area contributed by atoms with Crippen molar-refractivity contribution in [3.63, 3.8) is 0 Å². The second-order valence-electron chi connectivity index (χ2n) is 7.96. The maximum atomic E-state index is 14.9. The van der Waals surface area contributed by atoms with Crippen molar-refractivity contribution < 1.29 is 23.3 Å². The van der Waals surface area contributed by atoms with Crippen molar-refractivity contribution in [2.24, 2.45) is 0 Å². The number of amides is 2. The zero-order valence-corrected chi connectivity index (χ0v) is 18.0. The van der Waals surface area contributed by atoms with E-state index in [0.717, 1.165) is 12.1 Å². The van der Waals surface area contributed by atoms with Gasteiger partial charge in [0.05, 0.1) is 18.8 Å². The first-order valence-corrected chi connectivity index (χ1v) is 10.5. The molecule has 1 atom stereocenters. The Bertz CT molecular complexity index is 1130. The Morgan fingerprint density at radius 3 is 2.53 bits per heavy atom. The van der Waals surface area contributed by atoms with Crippen molar-refractivity contribution in [1.82, 2.24) is 5.32 Å². The summed E-state index contributed by atoms with van der Waals surface area (Å²) in [6.45, 7) is 4.67. The van der Waals surface area contributed by atoms with E-state index in [-0.39, 0.29) is 19.0 Å². The lowest BCUT2D eigenvalue weighted by Gasteiger charge is -2.14. The highest BCUT2D eigenvalue weighted by molar-refractivity contribution is 5.90. The fourth-order valence-electron chi connectivity index (χ4n) is 3.65. The van der Waals surface area contributed by atoms with Crippen LogP contribution in [0.5, 0.6) is 0 Å². The third kappa shape index (κ3) is 4.94. The third-order valence-corrected chi connectivity index (χ3v) is 5.40. The standard InChI is InChI=1S/C25H24FN3O3/c1-17-3-5-19(6-4-17)15-28-11-9-20(10-12-28)23-8-7-21(13-24(23)26)29-16-22(32-25(29)31)14-27-18(2)30/h3-13,22H,14-16H2,1-2H3/p+1. The number of rotatable bonds is 6. The van der Waals surface area contributed by atoms with Gasteiger partial charge in [0.15, 0.2) is 18.9 Å². The Labute approximate surface area is 186 Å². The summed E-state index contributed by atoms with van der Waals surface area (Å²) in [5.74, 6) is -0.616. The summed E-state index contributed by atoms with van der Waals surface area (Å²) in [7, 11) is 0. The summed E-state index contributed by atoms with van der Waals surface area (Å²) in [6, 6.07) is 16.8. The number of ether oxygens (including phenoxy) is 1. The SMILES string of the molecule is CC(=O)NCC1CN(c2ccc(-c3cc[n+](Cc4ccc(C)cc4)cc3)c(F)c2)C(=O)O1. The summed E-state index contributed by atoms with van der Waals surface area (Å²) >= 11 is 0. The molecule has 1 aromatic heterocycles. The molecule has 1 aliphatic heterocycles. The van der Waals surface area contributed by atoms with E-state index in [1.165, 1.54) is 29.0 Å². The molecule has 164 valence electrons. The Morgan fingerprint density at radius 1 is 1.16 bits per heavy atom. The minimum absolute atomic E-state index is 0.196. The Hall–Kier alpha value is -3.74. The number of carbonyl (C=O) groups excluding carboxylic acids is 2. The molecule has 0 radical (unpaired) electrons. The zero-order valence-electron chi connectivity index (χ0n) is 18.0. The van der Waals surface area contributed by atoms with Crippen LogP contribution in [0, 0.1) is 12.7 Å². The van der Waals surface area contributed by atoms with E-state index in [1.807, 2.05) is 29.1 Å². The molecule has 1 saturated heterocycles. The van der Waals surface area contributed by atoms with Crippen molar-refractivity contribution in [2.75, 3.05) is 18.0 Å². The fourth-order valence-corrected chi connectivity index (χ4v) is 3.65. The van der Waals surface area contributed by atoms with Gasteiger partial charge in [-0.2, -0.15) is 0 Å². The fraction of sp³-hybridized carbons (Fsp3) is 0.240. The zero-order chi connectivity index (χ0) is 22.7. The van der Waals surface area contributed by atoms with Crippen LogP contribution < -0.4 is 14.8 Å². The molecule has 2 aromatic carbocycles. The number of nitrogens with zero attached hydrogens (tertiary/aromatic N) is 2. The second-order valence-corrected chi connectivity index (χ2v) is 7.96. The number of hydrogen-bond acceptors (Lipinski definition) is 3. The molecule has 0 saturated carbocycles. The summed E-state index contributed by atoms with van der Waals surface area (Å²) < 4.78 is 22.2. The molecule has 2 heterocycles. The number of pyridine rings is 1. The van der Waals surface area contributed by atoms with E-state index >= 15 is 0 Å². The average molecular weight is 434 g/mol. The number of anilines is 1. The number of carbonyl (C=O) groups is 2. The van der Waals surface area contributed by atoms with Gasteiger partial charge in [0.1, 0.15) is 11.9 Å². The van der Waals surface area contributed by atoms with Crippen molar-refractivity contribution in [3.05, 3.63) is 83.9 Å². The number of hydrogen-bond donors (Lipinski definition) is 1. The topological polar surface area (TPSA) is 62.5 Å². The second kappa shape index (κ2) is 9.18. The highest BCUT2D eigenvalue weighted by Crippen LogP contribution is 2.28. The summed E-state index contributed by atoms with van der Waals surface area (Å²) in [4.78, 5) is 24.6. The number of cyclic esters (lactones) is 1. The van der Waals surface area contributed by atoms with Crippen molar-refractivity contribution >= 4 is 17.7 Å². The predicted octanol–water partition coefficient (Wildman–Crippen LogP) is 3.60. The molecule has 0 spiro atoms. The maximum absolute atomic E-state index is 14.9. The molecule has 3 aromatic rings. The Morgan fingerprint density at radius 2 is 1.88 bits per heavy atom. The molecular formula is C25H25FN3O3+. The summed E-state index contributed by atoms with van der Waals surface area (Å²) in [5, 5.41) is 2.63. The molecule has 32 heavy (non-hydrogen) atoms. The van der Waals surface area contributed by atoms with Gasteiger partial charge in [-0.1, -0.05) is 29.8 Å². The van der Waals surface area contributed by atoms with Gasteiger partial charge in [-0.15, -0.1) is 0 Å². The molecule has 6 nitrogen and oxygen atoms in total. The van der Waals surface area contributed by atoms with E-state index in [4.69, 9.17) is 4.74 Å². The minimum Gasteiger partial charge on any atom is -0.442 e. The first kappa shape index (κ1) is 21.5. The van der Waals surface area contributed by atoms with Crippen LogP contribution in [0.2, 0.25) is 0 Å². The first-order chi connectivity index (χ1) is 15.4. The normalized spacial score (nSPS) is 15.5. The number of aromatic nitrogens is 1. The third-order valence-electron chi connectivity index (χ3n) is 5.40. The van der Waals surface area contributed by atoms with E-state index in [9.17, 15) is 14.0 Å². The largest absolute Gasteiger partial charge is 0.442 e. The average Bonchev–Trinajstić information content (AvgIpc) is 3.15. The monoisotopic (exact) mass is 434 g/mol. The highest BCUT2D eigenvalue weighted by atomic mass is 19.1. The predicted molar refractivity (Wildman–Crippen MR) is 119 cm³/mol. The van der Waals surface area contributed by atoms with Gasteiger partial charge in [0.25, 0.3) is 0 Å². The van der Waals surface area contributed by atoms with Crippen molar-refractivity contribution in [1.29, 1.82) is 0 Å². The summed E-state index contributed by atoms with van der Waals surface area (Å²) in [5.41, 5.74) is 4.05. The van der Waals surface area contributed by atoms with Gasteiger partial charge < -0.3 is 10.1 Å². The molecule has 1 aliphatic rings. The van der Waals surface area contributed by atoms with Crippen LogP contribution >= 0.6 is 0 Å². The highest BCUT2D eigenvalue weighted by Gasteiger charge is 2.32. The smallest absolute Gasteiger partial charge is 0.414 e. The van der Waals surface area contributed by atoms with E-state index in [2.05, 4.69) is 36.5 Å². The van der Waals surface area contributed by atoms with Gasteiger partial charge in [0.2, 0.25) is 5.91 Å². The quantitative estimate of drug-likeness (QED) is 0.603. The molecule has 1 N–H and O–H groups in total. The van der Waals surface area contributed by atoms with Gasteiger partial charge in [-0.05, 0) is 30.7 Å². The number of aryl methyl sites for hydroxylation is 1. The minimum atomic E-state index is -0.552. The molecular weight excluding hydrogens is 409 g/mol. The lowest BCUT2D eigenvalue weighted by molar-refractivity contribution is -0.688. The number of nitrogens with one attached hydrogen (secondary N) is 1. The van der Waals surface area contributed by atoms with E-state index < -0.39 is 18.0 Å². The molecule has 4 rings (SSSR count). The summed E-state index contributed by atoms with van der Waals surface area (Å²) in [6.07, 6.45) is 2.83. The van der Waals surface area contributed by atoms with E-state index in [1.54, 1.807) is 12.1 Å². The van der Waals surface area contributed by atoms with Crippen LogP contribution in [0.4, 0.5) is 14.9 Å². The van der Waals surface area contributed by atoms with Gasteiger partial charge >= 0.3 is 6.09 Å². The Kier molecular flexibility index (Phi) is 6.16. The van der Waals surface area contributed by atoms with Crippen LogP contribution in [0.3, 0.4) is 0 Å². The number of benzene rings is 2. The van der Waals surface area contributed by atoms with Gasteiger partial charge in [-0.25, -0.2) is 13.8 Å². The van der Waals surface area contributed by atoms with Crippen LogP contribution in [-0.2, 0) is 16.1 Å². The van der Waals surface area contributed by atoms with Crippen LogP contribution in [0.15, 0.2) is 67.0 Å². The van der Waals surface area contributed by atoms with Crippen LogP contribution in [0.1, 0.15) is 18.1 Å². The molecule has 1 fully saturated rings. The van der Waals surface area contributed by atoms with Gasteiger partial charge in [-0.3, -0.25) is 9.69 Å². The molecule has 0 bridgehead atoms. The van der Waals surface area contributed by atoms with Crippen LogP contribution in [0.25, 0.3) is 11.1 Å². The molecule has 0 aliphatic carbocycles. The molecule has 2 amide bonds. The number of halogens is 1. The molecule has 1 unspecified atom stereocenters. The van der Waals surface area contributed by atoms with E-state index in [0.29, 0.717) is 11.3 Å². The Balaban J connectivity index is 1.45. The molecule has 7 heteroatoms. The van der Waals surface area contributed by atoms with Gasteiger partial charge in [0, 0.05) is 30.2 Å².